The molecule has 1 rings (SSSR count). The molecule has 0 aliphatic carbocycles. The third-order valence-electron chi connectivity index (χ3n) is 3.38. The topological polar surface area (TPSA) is 87.7 Å². The van der Waals surface area contributed by atoms with Gasteiger partial charge in [-0.3, -0.25) is 4.79 Å². The number of nitrogens with zero attached hydrogens (tertiary/aromatic N) is 1. The smallest absolute Gasteiger partial charge is 0.227 e. The van der Waals surface area contributed by atoms with Gasteiger partial charge in [-0.05, 0) is 30.5 Å². The van der Waals surface area contributed by atoms with Crippen LogP contribution in [-0.4, -0.2) is 17.0 Å². The third kappa shape index (κ3) is 5.85. The van der Waals surface area contributed by atoms with Gasteiger partial charge in [0.2, 0.25) is 5.91 Å². The SMILES string of the molecule is CCCC(CCC)C(=O)Nc1ccc(C/C(N)=N/O)cc1. The van der Waals surface area contributed by atoms with Crippen molar-refractivity contribution in [3.63, 3.8) is 0 Å². The van der Waals surface area contributed by atoms with Crippen LogP contribution >= 0.6 is 0 Å². The lowest BCUT2D eigenvalue weighted by Crippen LogP contribution is -2.22. The summed E-state index contributed by atoms with van der Waals surface area (Å²) in [4.78, 5) is 12.2. The summed E-state index contributed by atoms with van der Waals surface area (Å²) in [6.07, 6.45) is 4.25. The van der Waals surface area contributed by atoms with Crippen molar-refractivity contribution in [2.24, 2.45) is 16.8 Å². The van der Waals surface area contributed by atoms with Crippen LogP contribution in [0.25, 0.3) is 0 Å². The van der Waals surface area contributed by atoms with Gasteiger partial charge in [-0.2, -0.15) is 0 Å². The van der Waals surface area contributed by atoms with Gasteiger partial charge in [-0.15, -0.1) is 0 Å². The van der Waals surface area contributed by atoms with Crippen molar-refractivity contribution >= 4 is 17.4 Å². The highest BCUT2D eigenvalue weighted by atomic mass is 16.4. The molecule has 0 aliphatic heterocycles. The number of oxime groups is 1. The van der Waals surface area contributed by atoms with Crippen molar-refractivity contribution < 1.29 is 10.0 Å². The number of benzene rings is 1. The van der Waals surface area contributed by atoms with Crippen LogP contribution in [0.2, 0.25) is 0 Å². The molecule has 0 aliphatic rings. The Morgan fingerprint density at radius 1 is 1.24 bits per heavy atom. The number of amides is 1. The molecule has 0 heterocycles. The molecule has 0 aromatic heterocycles. The lowest BCUT2D eigenvalue weighted by atomic mass is 9.97. The molecule has 1 amide bonds. The number of nitrogens with one attached hydrogen (secondary N) is 1. The van der Waals surface area contributed by atoms with Crippen molar-refractivity contribution in [1.82, 2.24) is 0 Å². The fourth-order valence-corrected chi connectivity index (χ4v) is 2.30. The molecule has 0 saturated carbocycles. The summed E-state index contributed by atoms with van der Waals surface area (Å²) in [5.74, 6) is 0.331. The van der Waals surface area contributed by atoms with Gasteiger partial charge in [0.1, 0.15) is 5.84 Å². The van der Waals surface area contributed by atoms with Gasteiger partial charge >= 0.3 is 0 Å². The summed E-state index contributed by atoms with van der Waals surface area (Å²) in [7, 11) is 0. The Morgan fingerprint density at radius 2 is 1.81 bits per heavy atom. The average molecular weight is 291 g/mol. The maximum absolute atomic E-state index is 12.2. The summed E-state index contributed by atoms with van der Waals surface area (Å²) in [5, 5.41) is 14.4. The number of amidine groups is 1. The molecule has 1 aromatic carbocycles. The average Bonchev–Trinajstić information content (AvgIpc) is 2.48. The maximum atomic E-state index is 12.2. The zero-order valence-electron chi connectivity index (χ0n) is 12.8. The van der Waals surface area contributed by atoms with E-state index in [1.54, 1.807) is 0 Å². The van der Waals surface area contributed by atoms with Crippen molar-refractivity contribution in [3.05, 3.63) is 29.8 Å². The lowest BCUT2D eigenvalue weighted by Gasteiger charge is -2.15. The van der Waals surface area contributed by atoms with E-state index in [0.717, 1.165) is 36.9 Å². The van der Waals surface area contributed by atoms with Gasteiger partial charge in [0, 0.05) is 18.0 Å². The van der Waals surface area contributed by atoms with E-state index in [0.29, 0.717) is 6.42 Å². The molecule has 116 valence electrons. The third-order valence-corrected chi connectivity index (χ3v) is 3.38. The van der Waals surface area contributed by atoms with Gasteiger partial charge < -0.3 is 16.3 Å². The van der Waals surface area contributed by atoms with E-state index in [2.05, 4.69) is 24.3 Å². The molecule has 1 aromatic rings. The Morgan fingerprint density at radius 3 is 2.29 bits per heavy atom. The van der Waals surface area contributed by atoms with Crippen LogP contribution in [0.3, 0.4) is 0 Å². The van der Waals surface area contributed by atoms with Crippen LogP contribution in [0.1, 0.15) is 45.1 Å². The largest absolute Gasteiger partial charge is 0.409 e. The Labute approximate surface area is 126 Å². The van der Waals surface area contributed by atoms with Crippen LogP contribution in [0, 0.1) is 5.92 Å². The first kappa shape index (κ1) is 17.0. The van der Waals surface area contributed by atoms with E-state index in [4.69, 9.17) is 10.9 Å². The number of nitrogens with two attached hydrogens (primary N) is 1. The van der Waals surface area contributed by atoms with E-state index in [-0.39, 0.29) is 17.7 Å². The van der Waals surface area contributed by atoms with Gasteiger partial charge in [-0.25, -0.2) is 0 Å². The predicted octanol–water partition coefficient (Wildman–Crippen LogP) is 3.13. The number of hydrogen-bond acceptors (Lipinski definition) is 3. The fourth-order valence-electron chi connectivity index (χ4n) is 2.30. The minimum absolute atomic E-state index is 0.0804. The standard InChI is InChI=1S/C16H25N3O2/c1-3-5-13(6-4-2)16(20)18-14-9-7-12(8-10-14)11-15(17)19-21/h7-10,13,21H,3-6,11H2,1-2H3,(H2,17,19)(H,18,20). The van der Waals surface area contributed by atoms with Crippen LogP contribution in [0.5, 0.6) is 0 Å². The molecule has 0 spiro atoms. The lowest BCUT2D eigenvalue weighted by molar-refractivity contribution is -0.120. The molecule has 21 heavy (non-hydrogen) atoms. The normalized spacial score (nSPS) is 11.7. The number of hydrogen-bond donors (Lipinski definition) is 3. The van der Waals surface area contributed by atoms with E-state index in [9.17, 15) is 4.79 Å². The second-order valence-corrected chi connectivity index (χ2v) is 5.23. The van der Waals surface area contributed by atoms with Gasteiger partial charge in [-0.1, -0.05) is 44.0 Å². The second-order valence-electron chi connectivity index (χ2n) is 5.23. The Kier molecular flexibility index (Phi) is 7.29. The number of carbonyl (C=O) groups excluding carboxylic acids is 1. The number of rotatable bonds is 8. The first-order chi connectivity index (χ1) is 10.1. The van der Waals surface area contributed by atoms with Crippen LogP contribution < -0.4 is 11.1 Å². The minimum atomic E-state index is 0.0804. The van der Waals surface area contributed by atoms with E-state index in [1.165, 1.54) is 0 Å². The Balaban J connectivity index is 2.63. The van der Waals surface area contributed by atoms with E-state index >= 15 is 0 Å². The van der Waals surface area contributed by atoms with Crippen LogP contribution in [-0.2, 0) is 11.2 Å². The van der Waals surface area contributed by atoms with E-state index < -0.39 is 0 Å². The van der Waals surface area contributed by atoms with Crippen molar-refractivity contribution in [1.29, 1.82) is 0 Å². The molecule has 0 fully saturated rings. The Bertz CT molecular complexity index is 463. The molecule has 5 heteroatoms. The summed E-state index contributed by atoms with van der Waals surface area (Å²) in [6.45, 7) is 4.19. The second kappa shape index (κ2) is 9.00. The minimum Gasteiger partial charge on any atom is -0.409 e. The van der Waals surface area contributed by atoms with E-state index in [1.807, 2.05) is 24.3 Å². The first-order valence-corrected chi connectivity index (χ1v) is 7.46. The molecule has 0 unspecified atom stereocenters. The fraction of sp³-hybridized carbons (Fsp3) is 0.500. The number of anilines is 1. The Hall–Kier alpha value is -2.04. The van der Waals surface area contributed by atoms with Gasteiger partial charge in [0.15, 0.2) is 0 Å². The van der Waals surface area contributed by atoms with Crippen molar-refractivity contribution in [3.8, 4) is 0 Å². The van der Waals surface area contributed by atoms with Crippen LogP contribution in [0.15, 0.2) is 29.4 Å². The highest BCUT2D eigenvalue weighted by Crippen LogP contribution is 2.17. The monoisotopic (exact) mass is 291 g/mol. The molecule has 0 radical (unpaired) electrons. The molecule has 0 bridgehead atoms. The maximum Gasteiger partial charge on any atom is 0.227 e. The summed E-state index contributed by atoms with van der Waals surface area (Å²) in [6, 6.07) is 7.41. The number of carbonyl (C=O) groups is 1. The van der Waals surface area contributed by atoms with Crippen molar-refractivity contribution in [2.75, 3.05) is 5.32 Å². The highest BCUT2D eigenvalue weighted by Gasteiger charge is 2.16. The molecule has 4 N–H and O–H groups in total. The predicted molar refractivity (Wildman–Crippen MR) is 85.5 cm³/mol. The van der Waals surface area contributed by atoms with Gasteiger partial charge in [0.25, 0.3) is 0 Å². The zero-order valence-corrected chi connectivity index (χ0v) is 12.8. The van der Waals surface area contributed by atoms with Gasteiger partial charge in [0.05, 0.1) is 0 Å². The molecule has 0 saturated heterocycles. The molecule has 5 nitrogen and oxygen atoms in total. The molecular formula is C16H25N3O2. The van der Waals surface area contributed by atoms with Crippen LogP contribution in [0.4, 0.5) is 5.69 Å². The van der Waals surface area contributed by atoms with Crippen molar-refractivity contribution in [2.45, 2.75) is 46.0 Å². The first-order valence-electron chi connectivity index (χ1n) is 7.46. The summed E-state index contributed by atoms with van der Waals surface area (Å²) < 4.78 is 0. The summed E-state index contributed by atoms with van der Waals surface area (Å²) >= 11 is 0. The highest BCUT2D eigenvalue weighted by molar-refractivity contribution is 5.92. The molecular weight excluding hydrogens is 266 g/mol. The quantitative estimate of drug-likeness (QED) is 0.297. The summed E-state index contributed by atoms with van der Waals surface area (Å²) in [5.41, 5.74) is 7.17. The zero-order chi connectivity index (χ0) is 15.7. The molecule has 0 atom stereocenters.